The lowest BCUT2D eigenvalue weighted by molar-refractivity contribution is 0.414. The molecule has 2 nitrogen and oxygen atoms in total. The van der Waals surface area contributed by atoms with Gasteiger partial charge in [-0.15, -0.1) is 0 Å². The van der Waals surface area contributed by atoms with E-state index in [9.17, 15) is 0 Å². The maximum Gasteiger partial charge on any atom is 0.119 e. The summed E-state index contributed by atoms with van der Waals surface area (Å²) in [5, 5.41) is 0. The van der Waals surface area contributed by atoms with Crippen molar-refractivity contribution in [3.05, 3.63) is 28.2 Å². The van der Waals surface area contributed by atoms with Crippen LogP contribution in [-0.2, 0) is 6.42 Å². The molecule has 0 heterocycles. The molecule has 0 aromatic heterocycles. The van der Waals surface area contributed by atoms with E-state index >= 15 is 0 Å². The van der Waals surface area contributed by atoms with Crippen LogP contribution >= 0.6 is 15.9 Å². The summed E-state index contributed by atoms with van der Waals surface area (Å²) in [5.74, 6) is 0.912. The van der Waals surface area contributed by atoms with Gasteiger partial charge in [0.05, 0.1) is 7.11 Å². The van der Waals surface area contributed by atoms with Gasteiger partial charge in [0.1, 0.15) is 5.75 Å². The molecule has 1 saturated carbocycles. The van der Waals surface area contributed by atoms with Gasteiger partial charge < -0.3 is 10.5 Å². The van der Waals surface area contributed by atoms with Crippen molar-refractivity contribution in [2.75, 3.05) is 7.11 Å². The predicted molar refractivity (Wildman–Crippen MR) is 65.2 cm³/mol. The second-order valence-electron chi connectivity index (χ2n) is 4.32. The van der Waals surface area contributed by atoms with Crippen molar-refractivity contribution in [1.82, 2.24) is 0 Å². The fraction of sp³-hybridized carbons (Fsp3) is 0.500. The molecule has 0 atom stereocenters. The molecule has 3 heteroatoms. The zero-order chi connectivity index (χ0) is 10.9. The fourth-order valence-corrected chi connectivity index (χ4v) is 2.11. The van der Waals surface area contributed by atoms with Gasteiger partial charge in [-0.05, 0) is 49.4 Å². The SMILES string of the molecule is COc1ccc(Br)c(CCC2(N)CC2)c1. The third kappa shape index (κ3) is 2.73. The molecule has 15 heavy (non-hydrogen) atoms. The molecule has 1 aromatic carbocycles. The summed E-state index contributed by atoms with van der Waals surface area (Å²) in [6.07, 6.45) is 4.44. The first-order valence-electron chi connectivity index (χ1n) is 5.24. The highest BCUT2D eigenvalue weighted by atomic mass is 79.9. The van der Waals surface area contributed by atoms with Gasteiger partial charge in [0, 0.05) is 10.0 Å². The van der Waals surface area contributed by atoms with Crippen molar-refractivity contribution in [1.29, 1.82) is 0 Å². The Bertz CT molecular complexity index is 361. The Balaban J connectivity index is 2.05. The Kier molecular flexibility index (Phi) is 3.03. The van der Waals surface area contributed by atoms with E-state index in [1.54, 1.807) is 7.11 Å². The van der Waals surface area contributed by atoms with E-state index in [0.717, 1.165) is 23.1 Å². The van der Waals surface area contributed by atoms with Crippen LogP contribution in [0, 0.1) is 0 Å². The van der Waals surface area contributed by atoms with Crippen LogP contribution in [0.1, 0.15) is 24.8 Å². The van der Waals surface area contributed by atoms with E-state index in [4.69, 9.17) is 10.5 Å². The topological polar surface area (TPSA) is 35.2 Å². The minimum absolute atomic E-state index is 0.127. The minimum Gasteiger partial charge on any atom is -0.497 e. The molecule has 2 N–H and O–H groups in total. The molecular formula is C12H16BrNO. The number of halogens is 1. The zero-order valence-electron chi connectivity index (χ0n) is 8.92. The zero-order valence-corrected chi connectivity index (χ0v) is 10.5. The van der Waals surface area contributed by atoms with Crippen LogP contribution < -0.4 is 10.5 Å². The molecule has 0 aliphatic heterocycles. The summed E-state index contributed by atoms with van der Waals surface area (Å²) < 4.78 is 6.35. The number of hydrogen-bond donors (Lipinski definition) is 1. The number of ether oxygens (including phenoxy) is 1. The summed E-state index contributed by atoms with van der Waals surface area (Å²) in [5.41, 5.74) is 7.48. The van der Waals surface area contributed by atoms with Crippen LogP contribution in [0.4, 0.5) is 0 Å². The smallest absolute Gasteiger partial charge is 0.119 e. The molecule has 2 rings (SSSR count). The molecule has 0 amide bonds. The molecule has 82 valence electrons. The molecule has 1 aliphatic rings. The Morgan fingerprint density at radius 2 is 2.20 bits per heavy atom. The highest BCUT2D eigenvalue weighted by Crippen LogP contribution is 2.37. The lowest BCUT2D eigenvalue weighted by atomic mass is 10.0. The standard InChI is InChI=1S/C12H16BrNO/c1-15-10-2-3-11(13)9(8-10)4-5-12(14)6-7-12/h2-3,8H,4-7,14H2,1H3. The van der Waals surface area contributed by atoms with Crippen molar-refractivity contribution < 1.29 is 4.74 Å². The van der Waals surface area contributed by atoms with E-state index in [1.807, 2.05) is 12.1 Å². The molecule has 1 fully saturated rings. The number of rotatable bonds is 4. The second kappa shape index (κ2) is 4.14. The molecule has 1 aliphatic carbocycles. The van der Waals surface area contributed by atoms with Crippen molar-refractivity contribution in [3.8, 4) is 5.75 Å². The van der Waals surface area contributed by atoms with Gasteiger partial charge in [-0.1, -0.05) is 15.9 Å². The Hall–Kier alpha value is -0.540. The van der Waals surface area contributed by atoms with Gasteiger partial charge >= 0.3 is 0 Å². The van der Waals surface area contributed by atoms with E-state index in [2.05, 4.69) is 22.0 Å². The third-order valence-corrected chi connectivity index (χ3v) is 3.81. The second-order valence-corrected chi connectivity index (χ2v) is 5.17. The minimum atomic E-state index is 0.127. The molecule has 1 aromatic rings. The lowest BCUT2D eigenvalue weighted by Gasteiger charge is -2.10. The summed E-state index contributed by atoms with van der Waals surface area (Å²) in [6, 6.07) is 6.07. The molecule has 0 spiro atoms. The summed E-state index contributed by atoms with van der Waals surface area (Å²) >= 11 is 3.55. The number of benzene rings is 1. The molecule has 0 bridgehead atoms. The highest BCUT2D eigenvalue weighted by molar-refractivity contribution is 9.10. The molecule has 0 saturated heterocycles. The average Bonchev–Trinajstić information content (AvgIpc) is 2.96. The van der Waals surface area contributed by atoms with Crippen LogP contribution in [-0.4, -0.2) is 12.6 Å². The van der Waals surface area contributed by atoms with Gasteiger partial charge in [0.2, 0.25) is 0 Å². The quantitative estimate of drug-likeness (QED) is 0.913. The highest BCUT2D eigenvalue weighted by Gasteiger charge is 2.37. The van der Waals surface area contributed by atoms with Crippen molar-refractivity contribution in [2.24, 2.45) is 5.73 Å². The van der Waals surface area contributed by atoms with Crippen molar-refractivity contribution >= 4 is 15.9 Å². The third-order valence-electron chi connectivity index (χ3n) is 3.04. The predicted octanol–water partition coefficient (Wildman–Crippen LogP) is 2.88. The van der Waals surface area contributed by atoms with Gasteiger partial charge in [-0.2, -0.15) is 0 Å². The first-order chi connectivity index (χ1) is 7.13. The van der Waals surface area contributed by atoms with Crippen molar-refractivity contribution in [2.45, 2.75) is 31.2 Å². The normalized spacial score (nSPS) is 17.5. The number of aryl methyl sites for hydroxylation is 1. The average molecular weight is 270 g/mol. The summed E-state index contributed by atoms with van der Waals surface area (Å²) in [6.45, 7) is 0. The van der Waals surface area contributed by atoms with Gasteiger partial charge in [-0.3, -0.25) is 0 Å². The van der Waals surface area contributed by atoms with Gasteiger partial charge in [0.25, 0.3) is 0 Å². The monoisotopic (exact) mass is 269 g/mol. The largest absolute Gasteiger partial charge is 0.497 e. The van der Waals surface area contributed by atoms with Crippen molar-refractivity contribution in [3.63, 3.8) is 0 Å². The summed E-state index contributed by atoms with van der Waals surface area (Å²) in [7, 11) is 1.69. The first kappa shape index (κ1) is 11.0. The van der Waals surface area contributed by atoms with Crippen LogP contribution in [0.15, 0.2) is 22.7 Å². The molecular weight excluding hydrogens is 254 g/mol. The van der Waals surface area contributed by atoms with E-state index in [-0.39, 0.29) is 5.54 Å². The van der Waals surface area contributed by atoms with E-state index in [1.165, 1.54) is 18.4 Å². The Labute approximate surface area is 98.9 Å². The summed E-state index contributed by atoms with van der Waals surface area (Å²) in [4.78, 5) is 0. The van der Waals surface area contributed by atoms with Crippen LogP contribution in [0.3, 0.4) is 0 Å². The maximum atomic E-state index is 6.07. The van der Waals surface area contributed by atoms with Crippen LogP contribution in [0.25, 0.3) is 0 Å². The number of hydrogen-bond acceptors (Lipinski definition) is 2. The Morgan fingerprint density at radius 3 is 2.80 bits per heavy atom. The molecule has 0 unspecified atom stereocenters. The maximum absolute atomic E-state index is 6.07. The van der Waals surface area contributed by atoms with Gasteiger partial charge in [-0.25, -0.2) is 0 Å². The van der Waals surface area contributed by atoms with E-state index in [0.29, 0.717) is 0 Å². The lowest BCUT2D eigenvalue weighted by Crippen LogP contribution is -2.22. The van der Waals surface area contributed by atoms with Crippen LogP contribution in [0.2, 0.25) is 0 Å². The number of methoxy groups -OCH3 is 1. The van der Waals surface area contributed by atoms with Crippen LogP contribution in [0.5, 0.6) is 5.75 Å². The fourth-order valence-electron chi connectivity index (χ4n) is 1.66. The Morgan fingerprint density at radius 1 is 1.47 bits per heavy atom. The number of nitrogens with two attached hydrogens (primary N) is 1. The first-order valence-corrected chi connectivity index (χ1v) is 6.04. The molecule has 0 radical (unpaired) electrons. The van der Waals surface area contributed by atoms with Gasteiger partial charge in [0.15, 0.2) is 0 Å². The van der Waals surface area contributed by atoms with E-state index < -0.39 is 0 Å².